The number of guanidine groups is 1. The Morgan fingerprint density at radius 3 is 2.95 bits per heavy atom. The Bertz CT molecular complexity index is 480. The first-order valence-electron chi connectivity index (χ1n) is 7.97. The van der Waals surface area contributed by atoms with Gasteiger partial charge in [0.15, 0.2) is 5.96 Å². The van der Waals surface area contributed by atoms with E-state index in [4.69, 9.17) is 4.42 Å². The van der Waals surface area contributed by atoms with Crippen LogP contribution in [0.4, 0.5) is 0 Å². The maximum absolute atomic E-state index is 10.1. The fourth-order valence-corrected chi connectivity index (χ4v) is 3.37. The summed E-state index contributed by atoms with van der Waals surface area (Å²) in [7, 11) is 0. The second-order valence-corrected chi connectivity index (χ2v) is 6.25. The molecule has 5 heteroatoms. The molecule has 0 aromatic carbocycles. The summed E-state index contributed by atoms with van der Waals surface area (Å²) in [5.41, 5.74) is 0.551. The van der Waals surface area contributed by atoms with E-state index in [9.17, 15) is 5.11 Å². The van der Waals surface area contributed by atoms with Gasteiger partial charge in [0, 0.05) is 19.6 Å². The molecule has 1 spiro atoms. The van der Waals surface area contributed by atoms with Gasteiger partial charge < -0.3 is 19.7 Å². The fourth-order valence-electron chi connectivity index (χ4n) is 3.37. The molecule has 1 unspecified atom stereocenters. The van der Waals surface area contributed by atoms with Crippen molar-refractivity contribution in [3.8, 4) is 0 Å². The molecule has 1 atom stereocenters. The minimum atomic E-state index is -0.672. The highest BCUT2D eigenvalue weighted by atomic mass is 16.4. The van der Waals surface area contributed by atoms with E-state index < -0.39 is 6.10 Å². The topological polar surface area (TPSA) is 61.0 Å². The van der Waals surface area contributed by atoms with Gasteiger partial charge in [-0.15, -0.1) is 0 Å². The highest BCUT2D eigenvalue weighted by Gasteiger charge is 2.43. The summed E-state index contributed by atoms with van der Waals surface area (Å²) >= 11 is 0. The Morgan fingerprint density at radius 2 is 2.38 bits per heavy atom. The van der Waals surface area contributed by atoms with Gasteiger partial charge in [-0.1, -0.05) is 6.42 Å². The van der Waals surface area contributed by atoms with Crippen molar-refractivity contribution in [2.45, 2.75) is 38.7 Å². The molecule has 2 fully saturated rings. The van der Waals surface area contributed by atoms with Crippen molar-refractivity contribution in [1.29, 1.82) is 0 Å². The number of furan rings is 1. The van der Waals surface area contributed by atoms with Crippen molar-refractivity contribution in [2.24, 2.45) is 10.4 Å². The van der Waals surface area contributed by atoms with Crippen molar-refractivity contribution >= 4 is 5.96 Å². The van der Waals surface area contributed by atoms with Gasteiger partial charge in [0.2, 0.25) is 0 Å². The standard InChI is InChI=1S/C16H25N3O2/c1-2-17-15(18-11-13(20)14-5-3-10-21-14)19-9-8-16(12-19)6-4-7-16/h3,5,10,13,20H,2,4,6-9,11-12H2,1H3,(H,17,18). The summed E-state index contributed by atoms with van der Waals surface area (Å²) < 4.78 is 5.22. The normalized spacial score (nSPS) is 22.4. The maximum atomic E-state index is 10.1. The first-order chi connectivity index (χ1) is 10.2. The zero-order chi connectivity index (χ0) is 14.7. The molecular weight excluding hydrogens is 266 g/mol. The molecule has 1 aliphatic carbocycles. The van der Waals surface area contributed by atoms with Gasteiger partial charge in [-0.25, -0.2) is 4.99 Å². The Kier molecular flexibility index (Phi) is 4.19. The first-order valence-corrected chi connectivity index (χ1v) is 7.97. The second kappa shape index (κ2) is 6.10. The number of hydrogen-bond acceptors (Lipinski definition) is 3. The minimum absolute atomic E-state index is 0.333. The van der Waals surface area contributed by atoms with Crippen LogP contribution in [0.1, 0.15) is 44.5 Å². The molecule has 1 aromatic rings. The summed E-state index contributed by atoms with van der Waals surface area (Å²) in [6.45, 7) is 5.44. The lowest BCUT2D eigenvalue weighted by atomic mass is 9.68. The number of aliphatic hydroxyl groups is 1. The predicted molar refractivity (Wildman–Crippen MR) is 82.1 cm³/mol. The number of nitrogens with one attached hydrogen (secondary N) is 1. The van der Waals surface area contributed by atoms with Crippen LogP contribution in [-0.4, -0.2) is 42.1 Å². The van der Waals surface area contributed by atoms with Gasteiger partial charge in [-0.3, -0.25) is 0 Å². The Labute approximate surface area is 126 Å². The molecule has 1 saturated heterocycles. The van der Waals surface area contributed by atoms with E-state index in [2.05, 4.69) is 22.1 Å². The molecule has 116 valence electrons. The van der Waals surface area contributed by atoms with Gasteiger partial charge in [0.1, 0.15) is 11.9 Å². The van der Waals surface area contributed by atoms with E-state index in [1.54, 1.807) is 18.4 Å². The van der Waals surface area contributed by atoms with Crippen LogP contribution in [0.25, 0.3) is 0 Å². The van der Waals surface area contributed by atoms with E-state index >= 15 is 0 Å². The zero-order valence-corrected chi connectivity index (χ0v) is 12.7. The van der Waals surface area contributed by atoms with Crippen LogP contribution in [0.3, 0.4) is 0 Å². The fraction of sp³-hybridized carbons (Fsp3) is 0.688. The van der Waals surface area contributed by atoms with Crippen LogP contribution < -0.4 is 5.32 Å². The summed E-state index contributed by atoms with van der Waals surface area (Å²) in [5, 5.41) is 13.4. The molecule has 2 aliphatic rings. The zero-order valence-electron chi connectivity index (χ0n) is 12.7. The first kappa shape index (κ1) is 14.4. The van der Waals surface area contributed by atoms with Gasteiger partial charge >= 0.3 is 0 Å². The van der Waals surface area contributed by atoms with Crippen molar-refractivity contribution in [3.63, 3.8) is 0 Å². The highest BCUT2D eigenvalue weighted by Crippen LogP contribution is 2.47. The Hall–Kier alpha value is -1.49. The van der Waals surface area contributed by atoms with Crippen LogP contribution >= 0.6 is 0 Å². The van der Waals surface area contributed by atoms with Crippen LogP contribution in [0, 0.1) is 5.41 Å². The molecule has 0 amide bonds. The number of rotatable bonds is 4. The van der Waals surface area contributed by atoms with Crippen molar-refractivity contribution in [3.05, 3.63) is 24.2 Å². The molecule has 21 heavy (non-hydrogen) atoms. The third-order valence-corrected chi connectivity index (χ3v) is 4.77. The summed E-state index contributed by atoms with van der Waals surface area (Å²) in [6.07, 6.45) is 6.27. The average molecular weight is 291 g/mol. The summed E-state index contributed by atoms with van der Waals surface area (Å²) in [4.78, 5) is 6.94. The minimum Gasteiger partial charge on any atom is -0.467 e. The smallest absolute Gasteiger partial charge is 0.194 e. The van der Waals surface area contributed by atoms with Crippen LogP contribution in [-0.2, 0) is 0 Å². The van der Waals surface area contributed by atoms with Crippen molar-refractivity contribution in [2.75, 3.05) is 26.2 Å². The van der Waals surface area contributed by atoms with Gasteiger partial charge in [-0.05, 0) is 43.7 Å². The van der Waals surface area contributed by atoms with E-state index in [0.717, 1.165) is 25.6 Å². The van der Waals surface area contributed by atoms with Gasteiger partial charge in [0.25, 0.3) is 0 Å². The molecule has 2 heterocycles. The van der Waals surface area contributed by atoms with E-state index in [0.29, 0.717) is 17.7 Å². The lowest BCUT2D eigenvalue weighted by molar-refractivity contribution is 0.150. The number of aliphatic hydroxyl groups excluding tert-OH is 1. The van der Waals surface area contributed by atoms with Crippen molar-refractivity contribution < 1.29 is 9.52 Å². The van der Waals surface area contributed by atoms with E-state index in [1.165, 1.54) is 25.7 Å². The van der Waals surface area contributed by atoms with E-state index in [1.807, 2.05) is 0 Å². The van der Waals surface area contributed by atoms with Crippen molar-refractivity contribution in [1.82, 2.24) is 10.2 Å². The quantitative estimate of drug-likeness (QED) is 0.659. The molecule has 1 aliphatic heterocycles. The largest absolute Gasteiger partial charge is 0.467 e. The van der Waals surface area contributed by atoms with Gasteiger partial charge in [-0.2, -0.15) is 0 Å². The highest BCUT2D eigenvalue weighted by molar-refractivity contribution is 5.80. The third kappa shape index (κ3) is 3.07. The maximum Gasteiger partial charge on any atom is 0.194 e. The lowest BCUT2D eigenvalue weighted by Gasteiger charge is -2.38. The Morgan fingerprint density at radius 1 is 1.52 bits per heavy atom. The summed E-state index contributed by atoms with van der Waals surface area (Å²) in [6, 6.07) is 3.57. The van der Waals surface area contributed by atoms with Gasteiger partial charge in [0.05, 0.1) is 12.8 Å². The lowest BCUT2D eigenvalue weighted by Crippen LogP contribution is -2.42. The Balaban J connectivity index is 1.62. The number of hydrogen-bond donors (Lipinski definition) is 2. The molecule has 3 rings (SSSR count). The van der Waals surface area contributed by atoms with Crippen LogP contribution in [0.5, 0.6) is 0 Å². The SMILES string of the molecule is CCNC(=NCC(O)c1ccco1)N1CCC2(CCC2)C1. The molecule has 1 saturated carbocycles. The number of aliphatic imine (C=N–C) groups is 1. The van der Waals surface area contributed by atoms with Crippen LogP contribution in [0.2, 0.25) is 0 Å². The average Bonchev–Trinajstić information content (AvgIpc) is 3.10. The predicted octanol–water partition coefficient (Wildman–Crippen LogP) is 2.15. The molecule has 5 nitrogen and oxygen atoms in total. The van der Waals surface area contributed by atoms with E-state index in [-0.39, 0.29) is 0 Å². The second-order valence-electron chi connectivity index (χ2n) is 6.25. The summed E-state index contributed by atoms with van der Waals surface area (Å²) in [5.74, 6) is 1.50. The molecule has 0 radical (unpaired) electrons. The molecular formula is C16H25N3O2. The third-order valence-electron chi connectivity index (χ3n) is 4.77. The number of nitrogens with zero attached hydrogens (tertiary/aromatic N) is 2. The monoisotopic (exact) mass is 291 g/mol. The van der Waals surface area contributed by atoms with Crippen LogP contribution in [0.15, 0.2) is 27.8 Å². The molecule has 1 aromatic heterocycles. The molecule has 2 N–H and O–H groups in total. The molecule has 0 bridgehead atoms. The number of likely N-dealkylation sites (tertiary alicyclic amines) is 1.